The highest BCUT2D eigenvalue weighted by molar-refractivity contribution is 7.13. The Balaban J connectivity index is 1.50. The van der Waals surface area contributed by atoms with Gasteiger partial charge in [-0.15, -0.1) is 21.5 Å². The predicted molar refractivity (Wildman–Crippen MR) is 101 cm³/mol. The van der Waals surface area contributed by atoms with Gasteiger partial charge in [-0.1, -0.05) is 23.4 Å². The van der Waals surface area contributed by atoms with E-state index >= 15 is 0 Å². The van der Waals surface area contributed by atoms with E-state index < -0.39 is 5.97 Å². The zero-order chi connectivity index (χ0) is 19.5. The standard InChI is InChI=1S/C18H16N6O3S/c1-11(2)26-18(25)13-6-3-5-12(9-13)16-20-23-24(21-16)10-15-19-17(22-27-15)14-7-4-8-28-14/h3-9,11H,10H2,1-2H3. The molecule has 9 nitrogen and oxygen atoms in total. The molecule has 3 heterocycles. The lowest BCUT2D eigenvalue weighted by Gasteiger charge is -2.08. The Labute approximate surface area is 164 Å². The lowest BCUT2D eigenvalue weighted by molar-refractivity contribution is 0.0378. The van der Waals surface area contributed by atoms with Crippen molar-refractivity contribution in [3.05, 3.63) is 53.2 Å². The van der Waals surface area contributed by atoms with Crippen LogP contribution in [0, 0.1) is 0 Å². The molecule has 0 saturated heterocycles. The normalized spacial score (nSPS) is 11.1. The fourth-order valence-corrected chi connectivity index (χ4v) is 3.09. The van der Waals surface area contributed by atoms with Gasteiger partial charge in [0, 0.05) is 5.56 Å². The summed E-state index contributed by atoms with van der Waals surface area (Å²) in [7, 11) is 0. The molecule has 10 heteroatoms. The minimum Gasteiger partial charge on any atom is -0.459 e. The van der Waals surface area contributed by atoms with E-state index in [-0.39, 0.29) is 12.6 Å². The molecule has 3 aromatic heterocycles. The number of ether oxygens (including phenoxy) is 1. The first-order valence-corrected chi connectivity index (χ1v) is 9.42. The van der Waals surface area contributed by atoms with E-state index in [1.165, 1.54) is 16.1 Å². The maximum Gasteiger partial charge on any atom is 0.338 e. The third-order valence-electron chi connectivity index (χ3n) is 3.64. The molecule has 0 aliphatic carbocycles. The zero-order valence-electron chi connectivity index (χ0n) is 15.1. The number of hydrogen-bond donors (Lipinski definition) is 0. The van der Waals surface area contributed by atoms with Crippen LogP contribution in [0.5, 0.6) is 0 Å². The third-order valence-corrected chi connectivity index (χ3v) is 4.50. The third kappa shape index (κ3) is 3.96. The van der Waals surface area contributed by atoms with Gasteiger partial charge in [-0.3, -0.25) is 0 Å². The lowest BCUT2D eigenvalue weighted by atomic mass is 10.1. The van der Waals surface area contributed by atoms with E-state index in [4.69, 9.17) is 9.26 Å². The summed E-state index contributed by atoms with van der Waals surface area (Å²) in [6, 6.07) is 10.7. The summed E-state index contributed by atoms with van der Waals surface area (Å²) < 4.78 is 10.5. The van der Waals surface area contributed by atoms with Crippen molar-refractivity contribution in [3.63, 3.8) is 0 Å². The topological polar surface area (TPSA) is 109 Å². The highest BCUT2D eigenvalue weighted by atomic mass is 32.1. The maximum absolute atomic E-state index is 12.1. The fraction of sp³-hybridized carbons (Fsp3) is 0.222. The summed E-state index contributed by atoms with van der Waals surface area (Å²) in [4.78, 5) is 18.7. The number of thiophene rings is 1. The first kappa shape index (κ1) is 18.0. The molecule has 0 atom stereocenters. The summed E-state index contributed by atoms with van der Waals surface area (Å²) >= 11 is 1.53. The molecule has 0 amide bonds. The highest BCUT2D eigenvalue weighted by Crippen LogP contribution is 2.21. The first-order valence-electron chi connectivity index (χ1n) is 8.54. The van der Waals surface area contributed by atoms with Gasteiger partial charge < -0.3 is 9.26 Å². The molecule has 1 aromatic carbocycles. The van der Waals surface area contributed by atoms with Gasteiger partial charge in [0.15, 0.2) is 0 Å². The zero-order valence-corrected chi connectivity index (χ0v) is 16.0. The van der Waals surface area contributed by atoms with E-state index in [2.05, 4.69) is 25.6 Å². The van der Waals surface area contributed by atoms with Crippen molar-refractivity contribution in [2.24, 2.45) is 0 Å². The molecule has 0 saturated carbocycles. The monoisotopic (exact) mass is 396 g/mol. The average Bonchev–Trinajstić information content (AvgIpc) is 3.43. The van der Waals surface area contributed by atoms with E-state index in [9.17, 15) is 4.79 Å². The van der Waals surface area contributed by atoms with Crippen molar-refractivity contribution in [1.29, 1.82) is 0 Å². The number of aromatic nitrogens is 6. The van der Waals surface area contributed by atoms with Crippen molar-refractivity contribution in [3.8, 4) is 22.1 Å². The Kier molecular flexibility index (Phi) is 4.94. The average molecular weight is 396 g/mol. The maximum atomic E-state index is 12.1. The summed E-state index contributed by atoms with van der Waals surface area (Å²) in [6.45, 7) is 3.80. The van der Waals surface area contributed by atoms with Crippen LogP contribution < -0.4 is 0 Å². The van der Waals surface area contributed by atoms with E-state index in [1.54, 1.807) is 38.1 Å². The minimum atomic E-state index is -0.392. The molecule has 0 bridgehead atoms. The van der Waals surface area contributed by atoms with Crippen molar-refractivity contribution in [1.82, 2.24) is 30.3 Å². The van der Waals surface area contributed by atoms with E-state index in [1.807, 2.05) is 17.5 Å². The number of rotatable bonds is 6. The van der Waals surface area contributed by atoms with Crippen LogP contribution in [0.4, 0.5) is 0 Å². The van der Waals surface area contributed by atoms with E-state index in [0.717, 1.165) is 4.88 Å². The first-order chi connectivity index (χ1) is 13.6. The predicted octanol–water partition coefficient (Wildman–Crippen LogP) is 3.07. The van der Waals surface area contributed by atoms with Crippen LogP contribution in [-0.2, 0) is 11.3 Å². The number of esters is 1. The molecule has 0 radical (unpaired) electrons. The van der Waals surface area contributed by atoms with Crippen LogP contribution in [0.2, 0.25) is 0 Å². The van der Waals surface area contributed by atoms with Gasteiger partial charge in [-0.05, 0) is 42.6 Å². The molecule has 0 N–H and O–H groups in total. The van der Waals surface area contributed by atoms with Gasteiger partial charge in [-0.2, -0.15) is 9.78 Å². The number of carbonyl (C=O) groups is 1. The van der Waals surface area contributed by atoms with Gasteiger partial charge >= 0.3 is 5.97 Å². The Bertz CT molecular complexity index is 1090. The summed E-state index contributed by atoms with van der Waals surface area (Å²) in [6.07, 6.45) is -0.191. The van der Waals surface area contributed by atoms with Crippen LogP contribution in [-0.4, -0.2) is 42.4 Å². The summed E-state index contributed by atoms with van der Waals surface area (Å²) in [5.41, 5.74) is 1.09. The molecule has 0 unspecified atom stereocenters. The second-order valence-electron chi connectivity index (χ2n) is 6.17. The molecule has 0 fully saturated rings. The largest absolute Gasteiger partial charge is 0.459 e. The lowest BCUT2D eigenvalue weighted by Crippen LogP contribution is -2.11. The van der Waals surface area contributed by atoms with E-state index in [0.29, 0.717) is 28.7 Å². The number of carbonyl (C=O) groups excluding carboxylic acids is 1. The molecule has 0 aliphatic heterocycles. The Morgan fingerprint density at radius 2 is 2.14 bits per heavy atom. The van der Waals surface area contributed by atoms with Gasteiger partial charge in [0.25, 0.3) is 5.89 Å². The molecule has 4 rings (SSSR count). The molecule has 28 heavy (non-hydrogen) atoms. The Morgan fingerprint density at radius 1 is 1.25 bits per heavy atom. The van der Waals surface area contributed by atoms with Crippen molar-refractivity contribution >= 4 is 17.3 Å². The highest BCUT2D eigenvalue weighted by Gasteiger charge is 2.14. The fourth-order valence-electron chi connectivity index (χ4n) is 2.44. The van der Waals surface area contributed by atoms with Crippen LogP contribution in [0.3, 0.4) is 0 Å². The molecule has 0 spiro atoms. The van der Waals surface area contributed by atoms with Gasteiger partial charge in [0.2, 0.25) is 11.6 Å². The van der Waals surface area contributed by atoms with Crippen molar-refractivity contribution < 1.29 is 14.1 Å². The Morgan fingerprint density at radius 3 is 2.93 bits per heavy atom. The van der Waals surface area contributed by atoms with Crippen molar-refractivity contribution in [2.45, 2.75) is 26.5 Å². The quantitative estimate of drug-likeness (QED) is 0.458. The summed E-state index contributed by atoms with van der Waals surface area (Å²) in [5.74, 6) is 0.900. The summed E-state index contributed by atoms with van der Waals surface area (Å²) in [5, 5.41) is 18.3. The second kappa shape index (κ2) is 7.69. The van der Waals surface area contributed by atoms with Gasteiger partial charge in [-0.25, -0.2) is 4.79 Å². The minimum absolute atomic E-state index is 0.191. The van der Waals surface area contributed by atoms with Crippen molar-refractivity contribution in [2.75, 3.05) is 0 Å². The number of nitrogens with zero attached hydrogens (tertiary/aromatic N) is 6. The van der Waals surface area contributed by atoms with Crippen LogP contribution in [0.1, 0.15) is 30.1 Å². The number of benzene rings is 1. The SMILES string of the molecule is CC(C)OC(=O)c1cccc(-c2nnn(Cc3nc(-c4cccs4)no3)n2)c1. The van der Waals surface area contributed by atoms with Crippen LogP contribution in [0.15, 0.2) is 46.3 Å². The molecular formula is C18H16N6O3S. The number of hydrogen-bond acceptors (Lipinski definition) is 9. The van der Waals surface area contributed by atoms with Gasteiger partial charge in [0.1, 0.15) is 6.54 Å². The van der Waals surface area contributed by atoms with Crippen LogP contribution in [0.25, 0.3) is 22.1 Å². The molecular weight excluding hydrogens is 380 g/mol. The molecule has 142 valence electrons. The second-order valence-corrected chi connectivity index (χ2v) is 7.12. The molecule has 4 aromatic rings. The molecule has 0 aliphatic rings. The Hall–Kier alpha value is -3.40. The number of tetrazole rings is 1. The van der Waals surface area contributed by atoms with Gasteiger partial charge in [0.05, 0.1) is 16.5 Å². The smallest absolute Gasteiger partial charge is 0.338 e. The van der Waals surface area contributed by atoms with Crippen LogP contribution >= 0.6 is 11.3 Å².